The summed E-state index contributed by atoms with van der Waals surface area (Å²) >= 11 is 0. The number of β-amino-alcohol motifs (C(OH)–C–C–N with tert-alkyl or cyclic N) is 1. The molecular formula is C12H16N2O3. The van der Waals surface area contributed by atoms with E-state index in [2.05, 4.69) is 14.6 Å². The lowest BCUT2D eigenvalue weighted by Gasteiger charge is -2.14. The van der Waals surface area contributed by atoms with Crippen molar-refractivity contribution in [1.82, 2.24) is 9.88 Å². The van der Waals surface area contributed by atoms with Gasteiger partial charge in [0.1, 0.15) is 5.69 Å². The molecule has 1 aliphatic heterocycles. The van der Waals surface area contributed by atoms with Crippen LogP contribution in [0.2, 0.25) is 0 Å². The highest BCUT2D eigenvalue weighted by Gasteiger charge is 2.20. The van der Waals surface area contributed by atoms with E-state index >= 15 is 0 Å². The summed E-state index contributed by atoms with van der Waals surface area (Å²) in [5.74, 6) is -0.423. The summed E-state index contributed by atoms with van der Waals surface area (Å²) in [4.78, 5) is 17.4. The molecule has 1 aliphatic rings. The molecule has 1 aromatic rings. The zero-order valence-corrected chi connectivity index (χ0v) is 9.80. The summed E-state index contributed by atoms with van der Waals surface area (Å²) in [6.45, 7) is 2.37. The summed E-state index contributed by atoms with van der Waals surface area (Å²) < 4.78 is 4.58. The molecule has 2 rings (SSSR count). The van der Waals surface area contributed by atoms with Crippen molar-refractivity contribution >= 4 is 5.97 Å². The topological polar surface area (TPSA) is 62.7 Å². The van der Waals surface area contributed by atoms with Crippen LogP contribution in [0.5, 0.6) is 0 Å². The van der Waals surface area contributed by atoms with E-state index in [1.807, 2.05) is 6.07 Å². The van der Waals surface area contributed by atoms with Crippen LogP contribution in [0.1, 0.15) is 22.5 Å². The molecule has 0 spiro atoms. The first kappa shape index (κ1) is 12.0. The normalized spacial score (nSPS) is 20.5. The van der Waals surface area contributed by atoms with Crippen molar-refractivity contribution in [2.45, 2.75) is 19.1 Å². The van der Waals surface area contributed by atoms with E-state index < -0.39 is 5.97 Å². The van der Waals surface area contributed by atoms with Crippen molar-refractivity contribution in [3.8, 4) is 0 Å². The minimum atomic E-state index is -0.423. The fourth-order valence-corrected chi connectivity index (χ4v) is 1.96. The molecule has 1 aromatic heterocycles. The van der Waals surface area contributed by atoms with E-state index in [1.54, 1.807) is 12.3 Å². The molecule has 0 radical (unpaired) electrons. The van der Waals surface area contributed by atoms with E-state index in [9.17, 15) is 9.90 Å². The van der Waals surface area contributed by atoms with Crippen LogP contribution in [0.25, 0.3) is 0 Å². The first-order valence-corrected chi connectivity index (χ1v) is 5.62. The Morgan fingerprint density at radius 3 is 3.00 bits per heavy atom. The largest absolute Gasteiger partial charge is 0.464 e. The van der Waals surface area contributed by atoms with E-state index in [4.69, 9.17) is 0 Å². The number of carbonyl (C=O) groups is 1. The number of likely N-dealkylation sites (tertiary alicyclic amines) is 1. The Bertz CT molecular complexity index is 391. The van der Waals surface area contributed by atoms with Gasteiger partial charge in [-0.3, -0.25) is 4.90 Å². The van der Waals surface area contributed by atoms with Gasteiger partial charge < -0.3 is 9.84 Å². The van der Waals surface area contributed by atoms with Crippen LogP contribution in [0.4, 0.5) is 0 Å². The van der Waals surface area contributed by atoms with E-state index in [0.29, 0.717) is 12.2 Å². The lowest BCUT2D eigenvalue weighted by Crippen LogP contribution is -2.21. The molecule has 0 saturated carbocycles. The summed E-state index contributed by atoms with van der Waals surface area (Å²) in [6.07, 6.45) is 2.29. The van der Waals surface area contributed by atoms with E-state index in [0.717, 1.165) is 25.1 Å². The number of esters is 1. The lowest BCUT2D eigenvalue weighted by atomic mass is 10.2. The molecule has 17 heavy (non-hydrogen) atoms. The molecular weight excluding hydrogens is 220 g/mol. The Hall–Kier alpha value is -1.46. The van der Waals surface area contributed by atoms with Gasteiger partial charge in [-0.25, -0.2) is 9.78 Å². The average Bonchev–Trinajstić information content (AvgIpc) is 2.75. The van der Waals surface area contributed by atoms with Crippen LogP contribution in [0.15, 0.2) is 18.3 Å². The SMILES string of the molecule is COC(=O)c1ccc(CN2CC[C@@H](O)C2)cn1. The van der Waals surface area contributed by atoms with Crippen molar-refractivity contribution in [2.24, 2.45) is 0 Å². The number of methoxy groups -OCH3 is 1. The predicted molar refractivity (Wildman–Crippen MR) is 61.5 cm³/mol. The van der Waals surface area contributed by atoms with E-state index in [1.165, 1.54) is 7.11 Å². The third-order valence-electron chi connectivity index (χ3n) is 2.87. The first-order chi connectivity index (χ1) is 8.19. The monoisotopic (exact) mass is 236 g/mol. The van der Waals surface area contributed by atoms with Crippen molar-refractivity contribution in [2.75, 3.05) is 20.2 Å². The number of aliphatic hydroxyl groups is 1. The molecule has 0 bridgehead atoms. The number of pyridine rings is 1. The highest BCUT2D eigenvalue weighted by atomic mass is 16.5. The number of hydrogen-bond acceptors (Lipinski definition) is 5. The lowest BCUT2D eigenvalue weighted by molar-refractivity contribution is 0.0594. The maximum Gasteiger partial charge on any atom is 0.356 e. The maximum atomic E-state index is 11.2. The van der Waals surface area contributed by atoms with Crippen LogP contribution in [0, 0.1) is 0 Å². The molecule has 1 atom stereocenters. The Balaban J connectivity index is 1.96. The van der Waals surface area contributed by atoms with Gasteiger partial charge >= 0.3 is 5.97 Å². The van der Waals surface area contributed by atoms with Gasteiger partial charge in [-0.2, -0.15) is 0 Å². The predicted octanol–water partition coefficient (Wildman–Crippen LogP) is 0.435. The number of hydrogen-bond donors (Lipinski definition) is 1. The number of rotatable bonds is 3. The second-order valence-corrected chi connectivity index (χ2v) is 4.22. The number of carbonyl (C=O) groups excluding carboxylic acids is 1. The molecule has 0 aliphatic carbocycles. The smallest absolute Gasteiger partial charge is 0.356 e. The van der Waals surface area contributed by atoms with Crippen LogP contribution in [-0.2, 0) is 11.3 Å². The van der Waals surface area contributed by atoms with E-state index in [-0.39, 0.29) is 6.10 Å². The maximum absolute atomic E-state index is 11.2. The van der Waals surface area contributed by atoms with Crippen LogP contribution < -0.4 is 0 Å². The van der Waals surface area contributed by atoms with Gasteiger partial charge in [-0.15, -0.1) is 0 Å². The van der Waals surface area contributed by atoms with Gasteiger partial charge in [-0.1, -0.05) is 6.07 Å². The van der Waals surface area contributed by atoms with Crippen LogP contribution in [-0.4, -0.2) is 47.3 Å². The zero-order valence-electron chi connectivity index (χ0n) is 9.80. The molecule has 1 N–H and O–H groups in total. The second-order valence-electron chi connectivity index (χ2n) is 4.22. The van der Waals surface area contributed by atoms with Gasteiger partial charge in [0.25, 0.3) is 0 Å². The third kappa shape index (κ3) is 3.01. The highest BCUT2D eigenvalue weighted by molar-refractivity contribution is 5.86. The molecule has 0 amide bonds. The van der Waals surface area contributed by atoms with Crippen molar-refractivity contribution in [3.63, 3.8) is 0 Å². The second kappa shape index (κ2) is 5.25. The van der Waals surface area contributed by atoms with Gasteiger partial charge in [-0.05, 0) is 18.1 Å². The Morgan fingerprint density at radius 2 is 2.47 bits per heavy atom. The van der Waals surface area contributed by atoms with Gasteiger partial charge in [0.15, 0.2) is 0 Å². The van der Waals surface area contributed by atoms with Gasteiger partial charge in [0.05, 0.1) is 13.2 Å². The fraction of sp³-hybridized carbons (Fsp3) is 0.500. The Morgan fingerprint density at radius 1 is 1.65 bits per heavy atom. The standard InChI is InChI=1S/C12H16N2O3/c1-17-12(16)11-3-2-9(6-13-11)7-14-5-4-10(15)8-14/h2-3,6,10,15H,4-5,7-8H2,1H3/t10-/m1/s1. The average molecular weight is 236 g/mol. The Kier molecular flexibility index (Phi) is 3.71. The fourth-order valence-electron chi connectivity index (χ4n) is 1.96. The molecule has 5 nitrogen and oxygen atoms in total. The van der Waals surface area contributed by atoms with Crippen LogP contribution >= 0.6 is 0 Å². The Labute approximate surface area is 100 Å². The number of aliphatic hydroxyl groups excluding tert-OH is 1. The first-order valence-electron chi connectivity index (χ1n) is 5.62. The van der Waals surface area contributed by atoms with Crippen molar-refractivity contribution < 1.29 is 14.6 Å². The molecule has 5 heteroatoms. The third-order valence-corrected chi connectivity index (χ3v) is 2.87. The number of nitrogens with zero attached hydrogens (tertiary/aromatic N) is 2. The minimum Gasteiger partial charge on any atom is -0.464 e. The summed E-state index contributed by atoms with van der Waals surface area (Å²) in [7, 11) is 1.34. The molecule has 0 unspecified atom stereocenters. The quantitative estimate of drug-likeness (QED) is 0.771. The molecule has 1 fully saturated rings. The summed E-state index contributed by atoms with van der Waals surface area (Å²) in [5, 5.41) is 9.41. The van der Waals surface area contributed by atoms with Gasteiger partial charge in [0, 0.05) is 25.8 Å². The van der Waals surface area contributed by atoms with Crippen molar-refractivity contribution in [1.29, 1.82) is 0 Å². The summed E-state index contributed by atoms with van der Waals surface area (Å²) in [6, 6.07) is 3.53. The number of aromatic nitrogens is 1. The molecule has 0 aromatic carbocycles. The highest BCUT2D eigenvalue weighted by Crippen LogP contribution is 2.13. The van der Waals surface area contributed by atoms with Crippen LogP contribution in [0.3, 0.4) is 0 Å². The van der Waals surface area contributed by atoms with Crippen molar-refractivity contribution in [3.05, 3.63) is 29.6 Å². The molecule has 2 heterocycles. The zero-order chi connectivity index (χ0) is 12.3. The summed E-state index contributed by atoms with van der Waals surface area (Å²) in [5.41, 5.74) is 1.35. The minimum absolute atomic E-state index is 0.211. The molecule has 92 valence electrons. The number of ether oxygens (including phenoxy) is 1. The molecule has 1 saturated heterocycles. The van der Waals surface area contributed by atoms with Gasteiger partial charge in [0.2, 0.25) is 0 Å².